The lowest BCUT2D eigenvalue weighted by atomic mass is 10.1. The van der Waals surface area contributed by atoms with Crippen LogP contribution in [0.3, 0.4) is 0 Å². The largest absolute Gasteiger partial charge is 0.404 e. The lowest BCUT2D eigenvalue weighted by Gasteiger charge is -2.32. The van der Waals surface area contributed by atoms with Crippen molar-refractivity contribution in [3.05, 3.63) is 77.5 Å². The number of piperazine rings is 1. The number of carbonyl (C=O) groups excluding carboxylic acids is 1. The van der Waals surface area contributed by atoms with Gasteiger partial charge in [-0.05, 0) is 42.9 Å². The van der Waals surface area contributed by atoms with E-state index in [1.807, 2.05) is 52.0 Å². The maximum absolute atomic E-state index is 12.5. The summed E-state index contributed by atoms with van der Waals surface area (Å²) in [6, 6.07) is 15.3. The van der Waals surface area contributed by atoms with Crippen LogP contribution in [0.15, 0.2) is 60.8 Å². The van der Waals surface area contributed by atoms with E-state index < -0.39 is 0 Å². The van der Waals surface area contributed by atoms with E-state index in [0.717, 1.165) is 44.0 Å². The number of rotatable bonds is 4. The molecule has 0 unspecified atom stereocenters. The molecule has 172 valence electrons. The van der Waals surface area contributed by atoms with E-state index in [4.69, 9.17) is 5.73 Å². The number of anilines is 1. The third kappa shape index (κ3) is 9.38. The Morgan fingerprint density at radius 2 is 1.69 bits per heavy atom. The first-order chi connectivity index (χ1) is 15.6. The van der Waals surface area contributed by atoms with Gasteiger partial charge in [-0.15, -0.1) is 0 Å². The van der Waals surface area contributed by atoms with E-state index in [-0.39, 0.29) is 5.91 Å². The van der Waals surface area contributed by atoms with Crippen LogP contribution in [0.2, 0.25) is 0 Å². The predicted molar refractivity (Wildman–Crippen MR) is 137 cm³/mol. The number of benzene rings is 2. The molecule has 1 aliphatic heterocycles. The van der Waals surface area contributed by atoms with E-state index in [2.05, 4.69) is 46.1 Å². The maximum Gasteiger partial charge on any atom is 0.255 e. The molecule has 0 saturated carbocycles. The molecule has 3 rings (SSSR count). The van der Waals surface area contributed by atoms with Gasteiger partial charge in [0.05, 0.1) is 0 Å². The minimum atomic E-state index is -0.148. The highest BCUT2D eigenvalue weighted by atomic mass is 16.1. The molecule has 0 spiro atoms. The second kappa shape index (κ2) is 15.7. The van der Waals surface area contributed by atoms with Crippen LogP contribution < -0.4 is 11.1 Å². The fourth-order valence-corrected chi connectivity index (χ4v) is 3.07. The topological polar surface area (TPSA) is 61.6 Å². The van der Waals surface area contributed by atoms with Crippen molar-refractivity contribution in [3.63, 3.8) is 0 Å². The van der Waals surface area contributed by atoms with Crippen molar-refractivity contribution in [3.8, 4) is 11.8 Å². The van der Waals surface area contributed by atoms with Crippen molar-refractivity contribution >= 4 is 11.6 Å². The normalized spacial score (nSPS) is 13.7. The van der Waals surface area contributed by atoms with Gasteiger partial charge in [-0.1, -0.05) is 57.7 Å². The van der Waals surface area contributed by atoms with Gasteiger partial charge in [0.2, 0.25) is 0 Å². The van der Waals surface area contributed by atoms with Crippen LogP contribution in [0.5, 0.6) is 0 Å². The van der Waals surface area contributed by atoms with Crippen molar-refractivity contribution in [1.29, 1.82) is 0 Å². The molecule has 5 nitrogen and oxygen atoms in total. The molecule has 2 aromatic carbocycles. The number of hydrogen-bond acceptors (Lipinski definition) is 4. The molecular weight excluding hydrogens is 396 g/mol. The Bertz CT molecular complexity index is 886. The summed E-state index contributed by atoms with van der Waals surface area (Å²) in [6.07, 6.45) is 2.95. The summed E-state index contributed by atoms with van der Waals surface area (Å²) in [5, 5.41) is 2.95. The molecular formula is C27H38N4O. The van der Waals surface area contributed by atoms with Crippen LogP contribution in [-0.2, 0) is 6.54 Å². The second-order valence-corrected chi connectivity index (χ2v) is 6.94. The van der Waals surface area contributed by atoms with E-state index in [9.17, 15) is 4.79 Å². The molecule has 0 atom stereocenters. The van der Waals surface area contributed by atoms with Crippen molar-refractivity contribution in [2.24, 2.45) is 5.73 Å². The van der Waals surface area contributed by atoms with Crippen LogP contribution in [0.4, 0.5) is 5.69 Å². The Balaban J connectivity index is 0.00000121. The number of carbonyl (C=O) groups is 1. The molecule has 2 aromatic rings. The third-order valence-electron chi connectivity index (χ3n) is 4.73. The Morgan fingerprint density at radius 1 is 1.03 bits per heavy atom. The van der Waals surface area contributed by atoms with Gasteiger partial charge in [0, 0.05) is 61.8 Å². The summed E-state index contributed by atoms with van der Waals surface area (Å²) in [7, 11) is 2.16. The molecule has 5 heteroatoms. The molecule has 3 N–H and O–H groups in total. The summed E-state index contributed by atoms with van der Waals surface area (Å²) in [4.78, 5) is 17.3. The second-order valence-electron chi connectivity index (χ2n) is 6.94. The molecule has 32 heavy (non-hydrogen) atoms. The molecule has 1 fully saturated rings. The lowest BCUT2D eigenvalue weighted by molar-refractivity contribution is 0.102. The average molecular weight is 435 g/mol. The van der Waals surface area contributed by atoms with Crippen LogP contribution in [0.1, 0.15) is 49.2 Å². The number of amides is 1. The summed E-state index contributed by atoms with van der Waals surface area (Å²) in [6.45, 7) is 13.4. The van der Waals surface area contributed by atoms with Gasteiger partial charge in [-0.25, -0.2) is 0 Å². The SMILES string of the molecule is CC.CC.CN1CCN(Cc2ccc(NC(=O)c3cccc(C#C/C=C/N)c3)cc2)CC1. The minimum Gasteiger partial charge on any atom is -0.404 e. The molecule has 0 radical (unpaired) electrons. The summed E-state index contributed by atoms with van der Waals surface area (Å²) < 4.78 is 0. The number of nitrogens with zero attached hydrogens (tertiary/aromatic N) is 2. The number of hydrogen-bond donors (Lipinski definition) is 2. The zero-order chi connectivity index (χ0) is 23.8. The summed E-state index contributed by atoms with van der Waals surface area (Å²) in [5.41, 5.74) is 8.66. The van der Waals surface area contributed by atoms with E-state index in [1.165, 1.54) is 11.8 Å². The number of allylic oxidation sites excluding steroid dienone is 1. The quantitative estimate of drug-likeness (QED) is 0.693. The standard InChI is InChI=1S/C23H26N4O.2C2H6/c1-26-13-15-27(16-14-26)18-20-8-10-22(11-9-20)25-23(28)21-7-4-6-19(17-21)5-2-3-12-24;2*1-2/h3-4,6-12,17H,13-16,18,24H2,1H3,(H,25,28);2*1-2H3/b12-3+;;. The third-order valence-corrected chi connectivity index (χ3v) is 4.73. The first kappa shape index (κ1) is 27.0. The Hall–Kier alpha value is -3.07. The first-order valence-corrected chi connectivity index (χ1v) is 11.4. The zero-order valence-electron chi connectivity index (χ0n) is 20.2. The van der Waals surface area contributed by atoms with Crippen molar-refractivity contribution in [2.75, 3.05) is 38.5 Å². The molecule has 0 aliphatic carbocycles. The van der Waals surface area contributed by atoms with E-state index in [0.29, 0.717) is 5.56 Å². The van der Waals surface area contributed by atoms with Gasteiger partial charge in [0.25, 0.3) is 5.91 Å². The van der Waals surface area contributed by atoms with Gasteiger partial charge < -0.3 is 16.0 Å². The van der Waals surface area contributed by atoms with Gasteiger partial charge in [0.1, 0.15) is 0 Å². The van der Waals surface area contributed by atoms with Gasteiger partial charge in [-0.2, -0.15) is 0 Å². The van der Waals surface area contributed by atoms with Crippen molar-refractivity contribution in [1.82, 2.24) is 9.80 Å². The van der Waals surface area contributed by atoms with Gasteiger partial charge >= 0.3 is 0 Å². The highest BCUT2D eigenvalue weighted by Gasteiger charge is 2.14. The Labute approximate surface area is 194 Å². The van der Waals surface area contributed by atoms with Crippen LogP contribution in [0.25, 0.3) is 0 Å². The van der Waals surface area contributed by atoms with E-state index >= 15 is 0 Å². The summed E-state index contributed by atoms with van der Waals surface area (Å²) >= 11 is 0. The van der Waals surface area contributed by atoms with Gasteiger partial charge in [-0.3, -0.25) is 9.69 Å². The molecule has 0 bridgehead atoms. The zero-order valence-corrected chi connectivity index (χ0v) is 20.2. The van der Waals surface area contributed by atoms with Crippen LogP contribution in [-0.4, -0.2) is 48.9 Å². The smallest absolute Gasteiger partial charge is 0.255 e. The fraction of sp³-hybridized carbons (Fsp3) is 0.370. The Morgan fingerprint density at radius 3 is 2.31 bits per heavy atom. The Kier molecular flexibility index (Phi) is 13.2. The van der Waals surface area contributed by atoms with E-state index in [1.54, 1.807) is 18.2 Å². The van der Waals surface area contributed by atoms with Crippen LogP contribution in [0, 0.1) is 11.8 Å². The monoisotopic (exact) mass is 434 g/mol. The number of likely N-dealkylation sites (N-methyl/N-ethyl adjacent to an activating group) is 1. The van der Waals surface area contributed by atoms with Crippen molar-refractivity contribution < 1.29 is 4.79 Å². The average Bonchev–Trinajstić information content (AvgIpc) is 2.85. The van der Waals surface area contributed by atoms with Crippen LogP contribution >= 0.6 is 0 Å². The highest BCUT2D eigenvalue weighted by molar-refractivity contribution is 6.04. The fourth-order valence-electron chi connectivity index (χ4n) is 3.07. The lowest BCUT2D eigenvalue weighted by Crippen LogP contribution is -2.43. The molecule has 1 amide bonds. The van der Waals surface area contributed by atoms with Crippen molar-refractivity contribution in [2.45, 2.75) is 34.2 Å². The summed E-state index contributed by atoms with van der Waals surface area (Å²) in [5.74, 6) is 5.62. The molecule has 1 saturated heterocycles. The number of nitrogens with one attached hydrogen (secondary N) is 1. The predicted octanol–water partition coefficient (Wildman–Crippen LogP) is 4.56. The highest BCUT2D eigenvalue weighted by Crippen LogP contribution is 2.14. The maximum atomic E-state index is 12.5. The number of nitrogens with two attached hydrogens (primary N) is 1. The first-order valence-electron chi connectivity index (χ1n) is 11.4. The molecule has 1 aliphatic rings. The minimum absolute atomic E-state index is 0.148. The van der Waals surface area contributed by atoms with Gasteiger partial charge in [0.15, 0.2) is 0 Å². The molecule has 0 aromatic heterocycles. The molecule has 1 heterocycles.